The van der Waals surface area contributed by atoms with E-state index >= 15 is 0 Å². The van der Waals surface area contributed by atoms with Gasteiger partial charge in [0.15, 0.2) is 11.5 Å². The van der Waals surface area contributed by atoms with Gasteiger partial charge in [0.05, 0.1) is 10.4 Å². The fraction of sp³-hybridized carbons (Fsp3) is 0.562. The van der Waals surface area contributed by atoms with E-state index in [1.54, 1.807) is 0 Å². The topological polar surface area (TPSA) is 93.1 Å². The molecule has 0 aromatic heterocycles. The highest BCUT2D eigenvalue weighted by molar-refractivity contribution is 7.89. The second-order valence-electron chi connectivity index (χ2n) is 6.77. The largest absolute Gasteiger partial charge is 0.486 e. The Bertz CT molecular complexity index is 841. The molecule has 7 nitrogen and oxygen atoms in total. The van der Waals surface area contributed by atoms with Crippen molar-refractivity contribution in [2.45, 2.75) is 24.2 Å². The van der Waals surface area contributed by atoms with Gasteiger partial charge in [-0.1, -0.05) is 18.0 Å². The first-order chi connectivity index (χ1) is 11.8. The fourth-order valence-electron chi connectivity index (χ4n) is 4.16. The summed E-state index contributed by atoms with van der Waals surface area (Å²) < 4.78 is 38.3. The number of carboxylic acids is 1. The fourth-order valence-corrected chi connectivity index (χ4v) is 6.22. The van der Waals surface area contributed by atoms with Crippen LogP contribution >= 0.6 is 11.6 Å². The van der Waals surface area contributed by atoms with Crippen LogP contribution in [-0.4, -0.2) is 50.1 Å². The monoisotopic (exact) mass is 387 g/mol. The minimum absolute atomic E-state index is 0.0138. The number of sulfonamides is 1. The van der Waals surface area contributed by atoms with Gasteiger partial charge in [0, 0.05) is 25.2 Å². The summed E-state index contributed by atoms with van der Waals surface area (Å²) in [5, 5.41) is 9.70. The van der Waals surface area contributed by atoms with Crippen molar-refractivity contribution in [3.8, 4) is 11.5 Å². The van der Waals surface area contributed by atoms with Crippen LogP contribution in [0.4, 0.5) is 0 Å². The van der Waals surface area contributed by atoms with Gasteiger partial charge in [-0.2, -0.15) is 4.31 Å². The Balaban J connectivity index is 1.70. The molecule has 2 atom stereocenters. The van der Waals surface area contributed by atoms with Crippen LogP contribution in [0, 0.1) is 11.3 Å². The SMILES string of the molecule is O=C(O)[C@@]12CCC[C@H]1CN(S(=O)(=O)c1cc3c(cc1Cl)OCCO3)C2. The third kappa shape index (κ3) is 2.50. The predicted octanol–water partition coefficient (Wildman–Crippen LogP) is 1.99. The molecule has 0 amide bonds. The summed E-state index contributed by atoms with van der Waals surface area (Å²) in [4.78, 5) is 11.7. The van der Waals surface area contributed by atoms with E-state index in [0.717, 1.165) is 12.8 Å². The van der Waals surface area contributed by atoms with Crippen molar-refractivity contribution in [3.05, 3.63) is 17.2 Å². The molecule has 25 heavy (non-hydrogen) atoms. The Labute approximate surface area is 150 Å². The van der Waals surface area contributed by atoms with Gasteiger partial charge in [-0.05, 0) is 18.8 Å². The second kappa shape index (κ2) is 5.75. The number of hydrogen-bond donors (Lipinski definition) is 1. The number of rotatable bonds is 3. The van der Waals surface area contributed by atoms with Crippen molar-refractivity contribution in [2.24, 2.45) is 11.3 Å². The molecule has 9 heteroatoms. The molecule has 2 aliphatic heterocycles. The maximum Gasteiger partial charge on any atom is 0.311 e. The summed E-state index contributed by atoms with van der Waals surface area (Å²) >= 11 is 6.18. The van der Waals surface area contributed by atoms with Crippen LogP contribution in [0.15, 0.2) is 17.0 Å². The van der Waals surface area contributed by atoms with Crippen LogP contribution in [0.25, 0.3) is 0 Å². The summed E-state index contributed by atoms with van der Waals surface area (Å²) in [6.07, 6.45) is 2.05. The summed E-state index contributed by atoms with van der Waals surface area (Å²) in [7, 11) is -3.91. The van der Waals surface area contributed by atoms with Crippen LogP contribution in [0.1, 0.15) is 19.3 Å². The number of aliphatic carboxylic acids is 1. The molecule has 2 heterocycles. The van der Waals surface area contributed by atoms with Crippen LogP contribution in [0.3, 0.4) is 0 Å². The second-order valence-corrected chi connectivity index (χ2v) is 9.09. The van der Waals surface area contributed by atoms with Crippen molar-refractivity contribution in [2.75, 3.05) is 26.3 Å². The zero-order valence-corrected chi connectivity index (χ0v) is 15.0. The molecular weight excluding hydrogens is 370 g/mol. The van der Waals surface area contributed by atoms with Crippen LogP contribution in [0.2, 0.25) is 5.02 Å². The molecule has 0 spiro atoms. The maximum atomic E-state index is 13.1. The molecule has 2 fully saturated rings. The molecule has 3 aliphatic rings. The Hall–Kier alpha value is -1.51. The number of benzene rings is 1. The number of fused-ring (bicyclic) bond motifs is 2. The summed E-state index contributed by atoms with van der Waals surface area (Å²) in [5.74, 6) is -0.325. The highest BCUT2D eigenvalue weighted by Crippen LogP contribution is 2.50. The van der Waals surface area contributed by atoms with Gasteiger partial charge in [0.1, 0.15) is 18.1 Å². The van der Waals surface area contributed by atoms with E-state index in [9.17, 15) is 18.3 Å². The Morgan fingerprint density at radius 3 is 2.60 bits per heavy atom. The summed E-state index contributed by atoms with van der Waals surface area (Å²) in [6.45, 7) is 0.909. The van der Waals surface area contributed by atoms with E-state index < -0.39 is 21.4 Å². The first-order valence-corrected chi connectivity index (χ1v) is 9.99. The Morgan fingerprint density at radius 1 is 1.28 bits per heavy atom. The molecule has 1 saturated carbocycles. The molecule has 4 rings (SSSR count). The lowest BCUT2D eigenvalue weighted by atomic mass is 9.81. The van der Waals surface area contributed by atoms with Crippen molar-refractivity contribution >= 4 is 27.6 Å². The van der Waals surface area contributed by atoms with Crippen molar-refractivity contribution in [1.29, 1.82) is 0 Å². The maximum absolute atomic E-state index is 13.1. The number of ether oxygens (including phenoxy) is 2. The number of hydrogen-bond acceptors (Lipinski definition) is 5. The molecular formula is C16H18ClNO6S. The summed E-state index contributed by atoms with van der Waals surface area (Å²) in [6, 6.07) is 2.81. The van der Waals surface area contributed by atoms with Gasteiger partial charge >= 0.3 is 5.97 Å². The summed E-state index contributed by atoms with van der Waals surface area (Å²) in [5.41, 5.74) is -0.979. The first-order valence-electron chi connectivity index (χ1n) is 8.17. The normalized spacial score (nSPS) is 28.8. The zero-order chi connectivity index (χ0) is 17.8. The molecule has 1 aromatic carbocycles. The number of halogens is 1. The lowest BCUT2D eigenvalue weighted by Crippen LogP contribution is -2.37. The third-order valence-electron chi connectivity index (χ3n) is 5.48. The highest BCUT2D eigenvalue weighted by Gasteiger charge is 2.57. The molecule has 1 aromatic rings. The van der Waals surface area contributed by atoms with Crippen LogP contribution in [0.5, 0.6) is 11.5 Å². The minimum Gasteiger partial charge on any atom is -0.486 e. The molecule has 0 unspecified atom stereocenters. The lowest BCUT2D eigenvalue weighted by molar-refractivity contribution is -0.149. The zero-order valence-electron chi connectivity index (χ0n) is 13.4. The average Bonchev–Trinajstić information content (AvgIpc) is 3.12. The van der Waals surface area contributed by atoms with E-state index in [1.165, 1.54) is 16.4 Å². The van der Waals surface area contributed by atoms with E-state index in [4.69, 9.17) is 21.1 Å². The standard InChI is InChI=1S/C16H18ClNO6S/c17-11-6-12-13(24-5-4-23-12)7-14(11)25(21,22)18-8-10-2-1-3-16(10,9-18)15(19)20/h6-7,10H,1-5,8-9H2,(H,19,20)/t10-,16+/m0/s1. The minimum atomic E-state index is -3.91. The van der Waals surface area contributed by atoms with E-state index in [1.807, 2.05) is 0 Å². The number of carboxylic acid groups (broad SMARTS) is 1. The number of nitrogens with zero attached hydrogens (tertiary/aromatic N) is 1. The van der Waals surface area contributed by atoms with Gasteiger partial charge in [0.2, 0.25) is 10.0 Å². The van der Waals surface area contributed by atoms with Gasteiger partial charge in [0.25, 0.3) is 0 Å². The smallest absolute Gasteiger partial charge is 0.311 e. The Morgan fingerprint density at radius 2 is 1.96 bits per heavy atom. The van der Waals surface area contributed by atoms with Gasteiger partial charge in [-0.25, -0.2) is 8.42 Å². The van der Waals surface area contributed by atoms with Crippen molar-refractivity contribution in [1.82, 2.24) is 4.31 Å². The molecule has 1 aliphatic carbocycles. The van der Waals surface area contributed by atoms with Gasteiger partial charge in [-0.15, -0.1) is 0 Å². The molecule has 1 saturated heterocycles. The number of carbonyl (C=O) groups is 1. The lowest BCUT2D eigenvalue weighted by Gasteiger charge is -2.24. The molecule has 0 bridgehead atoms. The average molecular weight is 388 g/mol. The van der Waals surface area contributed by atoms with Gasteiger partial charge in [-0.3, -0.25) is 4.79 Å². The van der Waals surface area contributed by atoms with E-state index in [0.29, 0.717) is 31.1 Å². The predicted molar refractivity (Wildman–Crippen MR) is 88.6 cm³/mol. The third-order valence-corrected chi connectivity index (χ3v) is 7.76. The molecule has 0 radical (unpaired) electrons. The van der Waals surface area contributed by atoms with Crippen molar-refractivity contribution < 1.29 is 27.8 Å². The first kappa shape index (κ1) is 16.9. The van der Waals surface area contributed by atoms with E-state index in [2.05, 4.69) is 0 Å². The molecule has 1 N–H and O–H groups in total. The van der Waals surface area contributed by atoms with E-state index in [-0.39, 0.29) is 28.9 Å². The van der Waals surface area contributed by atoms with Crippen LogP contribution in [-0.2, 0) is 14.8 Å². The van der Waals surface area contributed by atoms with Crippen molar-refractivity contribution in [3.63, 3.8) is 0 Å². The van der Waals surface area contributed by atoms with Crippen LogP contribution < -0.4 is 9.47 Å². The Kier molecular flexibility index (Phi) is 3.90. The highest BCUT2D eigenvalue weighted by atomic mass is 35.5. The quantitative estimate of drug-likeness (QED) is 0.852. The van der Waals surface area contributed by atoms with Gasteiger partial charge < -0.3 is 14.6 Å². The molecule has 136 valence electrons.